The molecule has 17 heavy (non-hydrogen) atoms. The van der Waals surface area contributed by atoms with Crippen molar-refractivity contribution in [1.82, 2.24) is 10.2 Å². The molecular weight excluding hydrogens is 250 g/mol. The van der Waals surface area contributed by atoms with Crippen LogP contribution < -0.4 is 0 Å². The van der Waals surface area contributed by atoms with Crippen molar-refractivity contribution in [2.24, 2.45) is 0 Å². The zero-order chi connectivity index (χ0) is 12.4. The number of aliphatic hydroxyl groups is 1. The standard InChI is InChI=1S/C10H8F2N2O2S/c1-5-13-14-10(16-5)17-9-7(11)2-6(4-15)3-8(9)12/h2-3,15H,4H2,1H3. The van der Waals surface area contributed by atoms with Crippen LogP contribution in [0.4, 0.5) is 8.78 Å². The molecule has 90 valence electrons. The van der Waals surface area contributed by atoms with Gasteiger partial charge in [-0.15, -0.1) is 10.2 Å². The summed E-state index contributed by atoms with van der Waals surface area (Å²) in [4.78, 5) is -0.231. The van der Waals surface area contributed by atoms with E-state index in [0.717, 1.165) is 12.1 Å². The highest BCUT2D eigenvalue weighted by atomic mass is 32.2. The van der Waals surface area contributed by atoms with E-state index in [-0.39, 0.29) is 15.7 Å². The fourth-order valence-corrected chi connectivity index (χ4v) is 1.94. The summed E-state index contributed by atoms with van der Waals surface area (Å²) < 4.78 is 32.1. The molecule has 0 atom stereocenters. The molecule has 4 nitrogen and oxygen atoms in total. The van der Waals surface area contributed by atoms with Crippen LogP contribution >= 0.6 is 11.8 Å². The molecule has 1 heterocycles. The number of rotatable bonds is 3. The van der Waals surface area contributed by atoms with Crippen molar-refractivity contribution < 1.29 is 18.3 Å². The smallest absolute Gasteiger partial charge is 0.281 e. The first-order valence-electron chi connectivity index (χ1n) is 4.67. The van der Waals surface area contributed by atoms with Crippen LogP contribution in [0.5, 0.6) is 0 Å². The maximum atomic E-state index is 13.5. The number of benzene rings is 1. The average molecular weight is 258 g/mol. The number of hydrogen-bond acceptors (Lipinski definition) is 5. The van der Waals surface area contributed by atoms with E-state index < -0.39 is 18.2 Å². The Bertz CT molecular complexity index is 522. The van der Waals surface area contributed by atoms with Gasteiger partial charge in [-0.05, 0) is 29.5 Å². The molecule has 7 heteroatoms. The lowest BCUT2D eigenvalue weighted by molar-refractivity contribution is 0.280. The zero-order valence-electron chi connectivity index (χ0n) is 8.78. The van der Waals surface area contributed by atoms with Gasteiger partial charge in [-0.3, -0.25) is 0 Å². The molecule has 0 aliphatic rings. The van der Waals surface area contributed by atoms with Crippen LogP contribution in [0.15, 0.2) is 26.7 Å². The van der Waals surface area contributed by atoms with E-state index in [0.29, 0.717) is 17.7 Å². The van der Waals surface area contributed by atoms with Gasteiger partial charge in [-0.2, -0.15) is 0 Å². The van der Waals surface area contributed by atoms with Gasteiger partial charge in [0.2, 0.25) is 5.89 Å². The summed E-state index contributed by atoms with van der Waals surface area (Å²) in [6, 6.07) is 2.13. The molecule has 0 spiro atoms. The maximum Gasteiger partial charge on any atom is 0.281 e. The van der Waals surface area contributed by atoms with Gasteiger partial charge in [0, 0.05) is 6.92 Å². The molecule has 0 radical (unpaired) electrons. The van der Waals surface area contributed by atoms with Gasteiger partial charge in [0.05, 0.1) is 11.5 Å². The highest BCUT2D eigenvalue weighted by Gasteiger charge is 2.15. The normalized spacial score (nSPS) is 10.8. The third-order valence-electron chi connectivity index (χ3n) is 1.94. The Balaban J connectivity index is 2.33. The fourth-order valence-electron chi connectivity index (χ4n) is 1.21. The summed E-state index contributed by atoms with van der Waals surface area (Å²) in [5.41, 5.74) is 0.172. The molecule has 1 aromatic heterocycles. The molecular formula is C10H8F2N2O2S. The Morgan fingerprint density at radius 3 is 2.41 bits per heavy atom. The van der Waals surface area contributed by atoms with Gasteiger partial charge >= 0.3 is 0 Å². The largest absolute Gasteiger partial charge is 0.416 e. The van der Waals surface area contributed by atoms with E-state index in [1.165, 1.54) is 0 Å². The van der Waals surface area contributed by atoms with Crippen LogP contribution in [0, 0.1) is 18.6 Å². The Kier molecular flexibility index (Phi) is 3.39. The summed E-state index contributed by atoms with van der Waals surface area (Å²) >= 11 is 0.709. The highest BCUT2D eigenvalue weighted by Crippen LogP contribution is 2.31. The SMILES string of the molecule is Cc1nnc(Sc2c(F)cc(CO)cc2F)o1. The molecule has 1 N–H and O–H groups in total. The van der Waals surface area contributed by atoms with Crippen molar-refractivity contribution in [2.75, 3.05) is 0 Å². The lowest BCUT2D eigenvalue weighted by Crippen LogP contribution is -1.93. The Labute approximate surface area is 99.7 Å². The van der Waals surface area contributed by atoms with Gasteiger partial charge in [0.15, 0.2) is 0 Å². The summed E-state index contributed by atoms with van der Waals surface area (Å²) in [5, 5.41) is 16.0. The Morgan fingerprint density at radius 1 is 1.29 bits per heavy atom. The van der Waals surface area contributed by atoms with Gasteiger partial charge < -0.3 is 9.52 Å². The van der Waals surface area contributed by atoms with Crippen molar-refractivity contribution >= 4 is 11.8 Å². The van der Waals surface area contributed by atoms with Crippen molar-refractivity contribution in [3.63, 3.8) is 0 Å². The summed E-state index contributed by atoms with van der Waals surface area (Å²) in [5.74, 6) is -1.22. The van der Waals surface area contributed by atoms with Crippen molar-refractivity contribution in [3.8, 4) is 0 Å². The number of halogens is 2. The number of hydrogen-bond donors (Lipinski definition) is 1. The number of aromatic nitrogens is 2. The third-order valence-corrected chi connectivity index (χ3v) is 2.87. The van der Waals surface area contributed by atoms with Crippen molar-refractivity contribution in [2.45, 2.75) is 23.6 Å². The topological polar surface area (TPSA) is 59.2 Å². The summed E-state index contributed by atoms with van der Waals surface area (Å²) in [7, 11) is 0. The minimum absolute atomic E-state index is 0.0667. The average Bonchev–Trinajstić information content (AvgIpc) is 2.69. The van der Waals surface area contributed by atoms with Crippen LogP contribution in [0.3, 0.4) is 0 Å². The second kappa shape index (κ2) is 4.80. The monoisotopic (exact) mass is 258 g/mol. The molecule has 0 saturated heterocycles. The van der Waals surface area contributed by atoms with Crippen LogP contribution in [0.1, 0.15) is 11.5 Å². The van der Waals surface area contributed by atoms with Gasteiger partial charge in [0.25, 0.3) is 5.22 Å². The zero-order valence-corrected chi connectivity index (χ0v) is 9.59. The van der Waals surface area contributed by atoms with Crippen molar-refractivity contribution in [1.29, 1.82) is 0 Å². The molecule has 0 aliphatic carbocycles. The van der Waals surface area contributed by atoms with E-state index in [2.05, 4.69) is 10.2 Å². The molecule has 0 amide bonds. The van der Waals surface area contributed by atoms with Gasteiger partial charge in [-0.1, -0.05) is 0 Å². The minimum atomic E-state index is -0.769. The van der Waals surface area contributed by atoms with E-state index in [4.69, 9.17) is 9.52 Å². The molecule has 0 unspecified atom stereocenters. The van der Waals surface area contributed by atoms with Crippen LogP contribution in [0.25, 0.3) is 0 Å². The molecule has 0 saturated carbocycles. The lowest BCUT2D eigenvalue weighted by atomic mass is 10.2. The molecule has 0 bridgehead atoms. The first-order valence-corrected chi connectivity index (χ1v) is 5.48. The first kappa shape index (κ1) is 12.0. The Morgan fingerprint density at radius 2 is 1.94 bits per heavy atom. The van der Waals surface area contributed by atoms with Crippen LogP contribution in [-0.4, -0.2) is 15.3 Å². The minimum Gasteiger partial charge on any atom is -0.416 e. The van der Waals surface area contributed by atoms with Gasteiger partial charge in [-0.25, -0.2) is 8.78 Å². The van der Waals surface area contributed by atoms with Gasteiger partial charge in [0.1, 0.15) is 11.6 Å². The molecule has 2 aromatic rings. The van der Waals surface area contributed by atoms with E-state index in [1.54, 1.807) is 6.92 Å². The van der Waals surface area contributed by atoms with E-state index >= 15 is 0 Å². The number of aliphatic hydroxyl groups excluding tert-OH is 1. The predicted octanol–water partition coefficient (Wildman–Crippen LogP) is 2.30. The molecule has 2 rings (SSSR count). The van der Waals surface area contributed by atoms with Crippen LogP contribution in [-0.2, 0) is 6.61 Å². The number of aryl methyl sites for hydroxylation is 1. The predicted molar refractivity (Wildman–Crippen MR) is 55.4 cm³/mol. The highest BCUT2D eigenvalue weighted by molar-refractivity contribution is 7.99. The second-order valence-electron chi connectivity index (χ2n) is 3.24. The van der Waals surface area contributed by atoms with E-state index in [1.807, 2.05) is 0 Å². The summed E-state index contributed by atoms with van der Waals surface area (Å²) in [6.07, 6.45) is 0. The number of nitrogens with zero attached hydrogens (tertiary/aromatic N) is 2. The maximum absolute atomic E-state index is 13.5. The Hall–Kier alpha value is -1.47. The fraction of sp³-hybridized carbons (Fsp3) is 0.200. The van der Waals surface area contributed by atoms with Crippen molar-refractivity contribution in [3.05, 3.63) is 35.2 Å². The quantitative estimate of drug-likeness (QED) is 0.915. The first-order chi connectivity index (χ1) is 8.10. The van der Waals surface area contributed by atoms with Crippen LogP contribution in [0.2, 0.25) is 0 Å². The lowest BCUT2D eigenvalue weighted by Gasteiger charge is -2.03. The molecule has 0 fully saturated rings. The second-order valence-corrected chi connectivity index (χ2v) is 4.20. The molecule has 1 aromatic carbocycles. The molecule has 0 aliphatic heterocycles. The third kappa shape index (κ3) is 2.62. The summed E-state index contributed by atoms with van der Waals surface area (Å²) in [6.45, 7) is 1.16. The van der Waals surface area contributed by atoms with E-state index in [9.17, 15) is 8.78 Å².